The Kier molecular flexibility index (Phi) is 5.97. The molecule has 0 atom stereocenters. The fourth-order valence-electron chi connectivity index (χ4n) is 3.63. The molecule has 0 fully saturated rings. The van der Waals surface area contributed by atoms with E-state index in [4.69, 9.17) is 4.74 Å². The molecule has 3 rings (SSSR count). The summed E-state index contributed by atoms with van der Waals surface area (Å²) in [5.74, 6) is 0.537. The molecular formula is C23H27NO3. The van der Waals surface area contributed by atoms with Crippen molar-refractivity contribution in [2.24, 2.45) is 0 Å². The van der Waals surface area contributed by atoms with Crippen molar-refractivity contribution in [1.82, 2.24) is 0 Å². The molecule has 0 radical (unpaired) electrons. The Bertz CT molecular complexity index is 864. The van der Waals surface area contributed by atoms with E-state index < -0.39 is 0 Å². The first-order valence-corrected chi connectivity index (χ1v) is 9.70. The average Bonchev–Trinajstić information content (AvgIpc) is 2.94. The first-order chi connectivity index (χ1) is 13.0. The number of quaternary nitrogens is 1. The summed E-state index contributed by atoms with van der Waals surface area (Å²) in [5, 5.41) is 12.5. The average molecular weight is 365 g/mol. The van der Waals surface area contributed by atoms with Gasteiger partial charge in [0, 0.05) is 5.56 Å². The van der Waals surface area contributed by atoms with Crippen LogP contribution in [0.4, 0.5) is 0 Å². The van der Waals surface area contributed by atoms with Gasteiger partial charge in [0.15, 0.2) is 5.76 Å². The lowest BCUT2D eigenvalue weighted by atomic mass is 10.0. The van der Waals surface area contributed by atoms with Gasteiger partial charge in [-0.3, -0.25) is 4.79 Å². The van der Waals surface area contributed by atoms with Crippen molar-refractivity contribution in [3.63, 3.8) is 0 Å². The van der Waals surface area contributed by atoms with E-state index in [0.717, 1.165) is 37.1 Å². The third-order valence-electron chi connectivity index (χ3n) is 4.87. The second kappa shape index (κ2) is 8.40. The van der Waals surface area contributed by atoms with Gasteiger partial charge in [-0.25, -0.2) is 0 Å². The van der Waals surface area contributed by atoms with E-state index in [0.29, 0.717) is 23.4 Å². The number of carbonyl (C=O) groups is 1. The summed E-state index contributed by atoms with van der Waals surface area (Å²) in [7, 11) is 0. The Morgan fingerprint density at radius 1 is 1.11 bits per heavy atom. The molecule has 27 heavy (non-hydrogen) atoms. The molecular weight excluding hydrogens is 338 g/mol. The molecule has 0 amide bonds. The minimum atomic E-state index is -0.153. The van der Waals surface area contributed by atoms with E-state index in [9.17, 15) is 9.90 Å². The van der Waals surface area contributed by atoms with Gasteiger partial charge in [-0.05, 0) is 37.5 Å². The van der Waals surface area contributed by atoms with Crippen LogP contribution in [0.5, 0.6) is 11.5 Å². The Balaban J connectivity index is 1.93. The Hall–Kier alpha value is -2.59. The molecule has 1 heterocycles. The highest BCUT2D eigenvalue weighted by Gasteiger charge is 2.30. The van der Waals surface area contributed by atoms with Gasteiger partial charge >= 0.3 is 0 Å². The monoisotopic (exact) mass is 365 g/mol. The highest BCUT2D eigenvalue weighted by Crippen LogP contribution is 2.38. The van der Waals surface area contributed by atoms with Gasteiger partial charge in [0.1, 0.15) is 12.3 Å². The van der Waals surface area contributed by atoms with Crippen LogP contribution in [0.25, 0.3) is 6.08 Å². The van der Waals surface area contributed by atoms with E-state index in [1.165, 1.54) is 11.0 Å². The van der Waals surface area contributed by atoms with Crippen LogP contribution in [0.2, 0.25) is 0 Å². The number of carbonyl (C=O) groups excluding carboxylic acids is 1. The lowest BCUT2D eigenvalue weighted by Gasteiger charge is -2.23. The molecule has 142 valence electrons. The number of ether oxygens (including phenoxy) is 1. The van der Waals surface area contributed by atoms with Gasteiger partial charge in [-0.1, -0.05) is 55.5 Å². The van der Waals surface area contributed by atoms with Gasteiger partial charge in [-0.2, -0.15) is 0 Å². The van der Waals surface area contributed by atoms with Crippen LogP contribution in [-0.4, -0.2) is 18.9 Å². The van der Waals surface area contributed by atoms with E-state index >= 15 is 0 Å². The standard InChI is InChI=1S/C23H27NO3/c1-4-11-24(12-5-2)15-19-20(25)10-9-18-22(26)21(27-23(18)19)14-17-8-6-7-16(3)13-17/h6-10,13-14,25H,4-5,11-12,15H2,1-3H3. The second-order valence-electron chi connectivity index (χ2n) is 7.20. The first kappa shape index (κ1) is 19.2. The van der Waals surface area contributed by atoms with Gasteiger partial charge in [-0.15, -0.1) is 0 Å². The number of ketones is 1. The summed E-state index contributed by atoms with van der Waals surface area (Å²) >= 11 is 0. The largest absolute Gasteiger partial charge is 0.872 e. The van der Waals surface area contributed by atoms with Crippen LogP contribution in [-0.2, 0) is 6.54 Å². The molecule has 0 spiro atoms. The number of hydrogen-bond donors (Lipinski definition) is 1. The summed E-state index contributed by atoms with van der Waals surface area (Å²) in [5.41, 5.74) is 3.15. The normalized spacial score (nSPS) is 14.7. The molecule has 2 aromatic rings. The molecule has 0 saturated carbocycles. The summed E-state index contributed by atoms with van der Waals surface area (Å²) in [6, 6.07) is 11.0. The molecule has 4 heteroatoms. The predicted molar refractivity (Wildman–Crippen MR) is 105 cm³/mol. The minimum absolute atomic E-state index is 0.0527. The molecule has 0 aliphatic carbocycles. The van der Waals surface area contributed by atoms with Crippen LogP contribution < -0.4 is 14.7 Å². The van der Waals surface area contributed by atoms with Crippen molar-refractivity contribution in [2.75, 3.05) is 13.1 Å². The molecule has 0 aromatic heterocycles. The first-order valence-electron chi connectivity index (χ1n) is 9.70. The van der Waals surface area contributed by atoms with E-state index in [1.807, 2.05) is 31.2 Å². The van der Waals surface area contributed by atoms with Crippen molar-refractivity contribution >= 4 is 11.9 Å². The number of aryl methyl sites for hydroxylation is 1. The fraction of sp³-hybridized carbons (Fsp3) is 0.348. The number of fused-ring (bicyclic) bond motifs is 1. The van der Waals surface area contributed by atoms with E-state index in [-0.39, 0.29) is 17.3 Å². The van der Waals surface area contributed by atoms with Crippen LogP contribution >= 0.6 is 0 Å². The number of benzene rings is 2. The smallest absolute Gasteiger partial charge is 0.231 e. The van der Waals surface area contributed by atoms with Crippen LogP contribution in [0.1, 0.15) is 53.7 Å². The zero-order valence-corrected chi connectivity index (χ0v) is 16.3. The maximum absolute atomic E-state index is 12.8. The van der Waals surface area contributed by atoms with Crippen molar-refractivity contribution in [3.8, 4) is 11.5 Å². The molecule has 0 unspecified atom stereocenters. The van der Waals surface area contributed by atoms with E-state index in [2.05, 4.69) is 13.8 Å². The zero-order valence-electron chi connectivity index (χ0n) is 16.3. The molecule has 0 bridgehead atoms. The van der Waals surface area contributed by atoms with Crippen molar-refractivity contribution in [2.45, 2.75) is 40.2 Å². The quantitative estimate of drug-likeness (QED) is 0.768. The number of hydrogen-bond acceptors (Lipinski definition) is 3. The number of nitrogens with one attached hydrogen (secondary N) is 1. The lowest BCUT2D eigenvalue weighted by molar-refractivity contribution is -0.914. The molecule has 0 saturated heterocycles. The Labute approximate surface area is 161 Å². The number of allylic oxidation sites excluding steroid dienone is 1. The van der Waals surface area contributed by atoms with Gasteiger partial charge < -0.3 is 14.7 Å². The Morgan fingerprint density at radius 2 is 1.85 bits per heavy atom. The highest BCUT2D eigenvalue weighted by atomic mass is 16.5. The zero-order chi connectivity index (χ0) is 19.4. The summed E-state index contributed by atoms with van der Waals surface area (Å²) < 4.78 is 5.93. The fourth-order valence-corrected chi connectivity index (χ4v) is 3.63. The van der Waals surface area contributed by atoms with Crippen molar-refractivity contribution in [1.29, 1.82) is 0 Å². The number of rotatable bonds is 7. The third-order valence-corrected chi connectivity index (χ3v) is 4.87. The summed E-state index contributed by atoms with van der Waals surface area (Å²) in [4.78, 5) is 14.1. The maximum Gasteiger partial charge on any atom is 0.231 e. The van der Waals surface area contributed by atoms with Crippen LogP contribution in [0.3, 0.4) is 0 Å². The molecule has 4 nitrogen and oxygen atoms in total. The third kappa shape index (κ3) is 4.22. The van der Waals surface area contributed by atoms with Crippen LogP contribution in [0.15, 0.2) is 42.2 Å². The molecule has 1 aliphatic rings. The second-order valence-corrected chi connectivity index (χ2v) is 7.20. The SMILES string of the molecule is CCC[NH+](CCC)Cc1c([O-])ccc2c1OC(=Cc1cccc(C)c1)C2=O. The van der Waals surface area contributed by atoms with Gasteiger partial charge in [0.05, 0.1) is 18.7 Å². The predicted octanol–water partition coefficient (Wildman–Crippen LogP) is 2.89. The summed E-state index contributed by atoms with van der Waals surface area (Å²) in [6.07, 6.45) is 3.86. The Morgan fingerprint density at radius 3 is 2.52 bits per heavy atom. The van der Waals surface area contributed by atoms with Crippen molar-refractivity contribution in [3.05, 3.63) is 64.4 Å². The number of Topliss-reactive ketones (excluding diaryl/α,β-unsaturated/α-hetero) is 1. The highest BCUT2D eigenvalue weighted by molar-refractivity contribution is 6.14. The minimum Gasteiger partial charge on any atom is -0.872 e. The van der Waals surface area contributed by atoms with Crippen LogP contribution in [0, 0.1) is 6.92 Å². The van der Waals surface area contributed by atoms with Gasteiger partial charge in [0.2, 0.25) is 5.78 Å². The topological polar surface area (TPSA) is 53.8 Å². The summed E-state index contributed by atoms with van der Waals surface area (Å²) in [6.45, 7) is 8.88. The molecule has 1 N–H and O–H groups in total. The maximum atomic E-state index is 12.8. The van der Waals surface area contributed by atoms with E-state index in [1.54, 1.807) is 12.1 Å². The molecule has 2 aromatic carbocycles. The van der Waals surface area contributed by atoms with Crippen molar-refractivity contribution < 1.29 is 19.5 Å². The van der Waals surface area contributed by atoms with Gasteiger partial charge in [0.25, 0.3) is 0 Å². The lowest BCUT2D eigenvalue weighted by Crippen LogP contribution is -3.10. The molecule has 1 aliphatic heterocycles.